The summed E-state index contributed by atoms with van der Waals surface area (Å²) in [5.74, 6) is -0.0469. The number of carbonyl (C=O) groups excluding carboxylic acids is 1. The highest BCUT2D eigenvalue weighted by molar-refractivity contribution is 7.97. The molecule has 6 heteroatoms. The largest absolute Gasteiger partial charge is 0.481 e. The van der Waals surface area contributed by atoms with Gasteiger partial charge in [-0.15, -0.1) is 0 Å². The number of hydrogen-bond donors (Lipinski definition) is 3. The molecule has 0 spiro atoms. The number of nitrogens with one attached hydrogen (secondary N) is 2. The van der Waals surface area contributed by atoms with E-state index in [1.165, 1.54) is 0 Å². The number of amides is 2. The molecule has 0 bridgehead atoms. The number of para-hydroxylation sites is 1. The second kappa shape index (κ2) is 7.93. The lowest BCUT2D eigenvalue weighted by Crippen LogP contribution is -2.45. The molecule has 0 atom stereocenters. The maximum absolute atomic E-state index is 12.1. The van der Waals surface area contributed by atoms with Crippen molar-refractivity contribution in [1.82, 2.24) is 5.32 Å². The van der Waals surface area contributed by atoms with Gasteiger partial charge in [0.15, 0.2) is 0 Å². The molecule has 0 fully saturated rings. The van der Waals surface area contributed by atoms with E-state index in [-0.39, 0.29) is 12.5 Å². The number of benzene rings is 1. The van der Waals surface area contributed by atoms with Gasteiger partial charge in [0.1, 0.15) is 0 Å². The van der Waals surface area contributed by atoms with E-state index in [2.05, 4.69) is 10.6 Å². The van der Waals surface area contributed by atoms with Gasteiger partial charge in [0.2, 0.25) is 0 Å². The van der Waals surface area contributed by atoms with Crippen LogP contribution in [0, 0.1) is 0 Å². The molecule has 0 saturated carbocycles. The monoisotopic (exact) mass is 310 g/mol. The third-order valence-corrected chi connectivity index (χ3v) is 3.58. The van der Waals surface area contributed by atoms with E-state index in [4.69, 9.17) is 5.11 Å². The maximum Gasteiger partial charge on any atom is 0.319 e. The first-order valence-corrected chi connectivity index (χ1v) is 8.11. The predicted molar refractivity (Wildman–Crippen MR) is 86.8 cm³/mol. The van der Waals surface area contributed by atoms with E-state index in [1.54, 1.807) is 11.8 Å². The fourth-order valence-corrected chi connectivity index (χ4v) is 2.43. The van der Waals surface area contributed by atoms with Crippen LogP contribution in [0.2, 0.25) is 0 Å². The average Bonchev–Trinajstić information content (AvgIpc) is 2.38. The van der Waals surface area contributed by atoms with Gasteiger partial charge in [-0.3, -0.25) is 4.79 Å². The molecule has 116 valence electrons. The summed E-state index contributed by atoms with van der Waals surface area (Å²) >= 11 is 1.68. The molecular formula is C15H22N2O3S. The second-order valence-corrected chi connectivity index (χ2v) is 6.31. The number of carbonyl (C=O) groups is 2. The summed E-state index contributed by atoms with van der Waals surface area (Å²) in [6, 6.07) is 7.32. The molecule has 1 rings (SSSR count). The summed E-state index contributed by atoms with van der Waals surface area (Å²) in [5.41, 5.74) is 1.26. The molecule has 0 heterocycles. The first-order valence-electron chi connectivity index (χ1n) is 6.72. The summed E-state index contributed by atoms with van der Waals surface area (Å²) < 4.78 is 0. The highest BCUT2D eigenvalue weighted by Gasteiger charge is 2.21. The molecular weight excluding hydrogens is 288 g/mol. The van der Waals surface area contributed by atoms with Crippen molar-refractivity contribution in [3.05, 3.63) is 29.8 Å². The fraction of sp³-hybridized carbons (Fsp3) is 0.467. The lowest BCUT2D eigenvalue weighted by molar-refractivity contribution is -0.137. The van der Waals surface area contributed by atoms with E-state index < -0.39 is 11.5 Å². The molecule has 0 aromatic heterocycles. The van der Waals surface area contributed by atoms with Crippen LogP contribution in [0.3, 0.4) is 0 Å². The van der Waals surface area contributed by atoms with Crippen molar-refractivity contribution in [3.8, 4) is 0 Å². The Labute approximate surface area is 129 Å². The summed E-state index contributed by atoms with van der Waals surface area (Å²) in [5, 5.41) is 14.3. The van der Waals surface area contributed by atoms with Crippen molar-refractivity contribution in [1.29, 1.82) is 0 Å². The Hall–Kier alpha value is -1.69. The first kappa shape index (κ1) is 17.4. The Bertz CT molecular complexity index is 503. The third-order valence-electron chi connectivity index (χ3n) is 2.98. The zero-order valence-electron chi connectivity index (χ0n) is 12.6. The number of urea groups is 1. The zero-order chi connectivity index (χ0) is 15.9. The van der Waals surface area contributed by atoms with Crippen molar-refractivity contribution >= 4 is 29.4 Å². The number of carboxylic acid groups (broad SMARTS) is 1. The molecule has 0 aliphatic heterocycles. The van der Waals surface area contributed by atoms with Crippen LogP contribution in [-0.2, 0) is 10.5 Å². The fourth-order valence-electron chi connectivity index (χ4n) is 1.87. The van der Waals surface area contributed by atoms with Gasteiger partial charge in [0, 0.05) is 23.4 Å². The minimum absolute atomic E-state index is 0.0241. The van der Waals surface area contributed by atoms with Gasteiger partial charge >= 0.3 is 12.0 Å². The summed E-state index contributed by atoms with van der Waals surface area (Å²) in [7, 11) is 0. The molecule has 0 saturated heterocycles. The van der Waals surface area contributed by atoms with E-state index >= 15 is 0 Å². The Morgan fingerprint density at radius 3 is 2.57 bits per heavy atom. The molecule has 1 aromatic rings. The van der Waals surface area contributed by atoms with Crippen LogP contribution < -0.4 is 10.6 Å². The second-order valence-electron chi connectivity index (χ2n) is 5.45. The highest BCUT2D eigenvalue weighted by atomic mass is 32.2. The summed E-state index contributed by atoms with van der Waals surface area (Å²) in [6.07, 6.45) is 2.41. The Kier molecular flexibility index (Phi) is 6.55. The summed E-state index contributed by atoms with van der Waals surface area (Å²) in [6.45, 7) is 3.62. The minimum atomic E-state index is -0.865. The van der Waals surface area contributed by atoms with Crippen molar-refractivity contribution in [3.63, 3.8) is 0 Å². The Balaban J connectivity index is 2.63. The predicted octanol–water partition coefficient (Wildman–Crippen LogP) is 3.31. The van der Waals surface area contributed by atoms with Gasteiger partial charge < -0.3 is 15.7 Å². The standard InChI is InChI=1S/C15H22N2O3S/c1-15(2,9-8-13(18)19)17-14(20)16-12-7-5-4-6-11(12)10-21-3/h4-7H,8-10H2,1-3H3,(H,18,19)(H2,16,17,20). The van der Waals surface area contributed by atoms with Crippen molar-refractivity contribution in [2.75, 3.05) is 11.6 Å². The number of hydrogen-bond acceptors (Lipinski definition) is 3. The first-order chi connectivity index (χ1) is 9.84. The van der Waals surface area contributed by atoms with Crippen molar-refractivity contribution < 1.29 is 14.7 Å². The van der Waals surface area contributed by atoms with Gasteiger partial charge in [-0.2, -0.15) is 11.8 Å². The third kappa shape index (κ3) is 6.53. The SMILES string of the molecule is CSCc1ccccc1NC(=O)NC(C)(C)CCC(=O)O. The van der Waals surface area contributed by atoms with Crippen LogP contribution in [0.15, 0.2) is 24.3 Å². The highest BCUT2D eigenvalue weighted by Crippen LogP contribution is 2.20. The van der Waals surface area contributed by atoms with Crippen LogP contribution in [0.4, 0.5) is 10.5 Å². The smallest absolute Gasteiger partial charge is 0.319 e. The molecule has 0 aliphatic rings. The summed E-state index contributed by atoms with van der Waals surface area (Å²) in [4.78, 5) is 22.7. The van der Waals surface area contributed by atoms with Crippen LogP contribution in [-0.4, -0.2) is 28.9 Å². The normalized spacial score (nSPS) is 11.0. The number of rotatable bonds is 7. The van der Waals surface area contributed by atoms with Crippen LogP contribution in [0.1, 0.15) is 32.3 Å². The van der Waals surface area contributed by atoms with E-state index in [0.29, 0.717) is 6.42 Å². The zero-order valence-corrected chi connectivity index (χ0v) is 13.4. The minimum Gasteiger partial charge on any atom is -0.481 e. The lowest BCUT2D eigenvalue weighted by Gasteiger charge is -2.26. The van der Waals surface area contributed by atoms with Gasteiger partial charge in [0.25, 0.3) is 0 Å². The number of thioether (sulfide) groups is 1. The Morgan fingerprint density at radius 1 is 1.29 bits per heavy atom. The van der Waals surface area contributed by atoms with E-state index in [1.807, 2.05) is 44.4 Å². The van der Waals surface area contributed by atoms with Crippen molar-refractivity contribution in [2.45, 2.75) is 38.0 Å². The topological polar surface area (TPSA) is 78.4 Å². The molecule has 21 heavy (non-hydrogen) atoms. The molecule has 3 N–H and O–H groups in total. The lowest BCUT2D eigenvalue weighted by atomic mass is 9.99. The molecule has 5 nitrogen and oxygen atoms in total. The number of carboxylic acids is 1. The molecule has 0 aliphatic carbocycles. The molecule has 0 radical (unpaired) electrons. The molecule has 1 aromatic carbocycles. The van der Waals surface area contributed by atoms with Crippen LogP contribution >= 0.6 is 11.8 Å². The van der Waals surface area contributed by atoms with Gasteiger partial charge in [-0.1, -0.05) is 18.2 Å². The van der Waals surface area contributed by atoms with E-state index in [9.17, 15) is 9.59 Å². The van der Waals surface area contributed by atoms with Crippen molar-refractivity contribution in [2.24, 2.45) is 0 Å². The molecule has 2 amide bonds. The maximum atomic E-state index is 12.1. The van der Waals surface area contributed by atoms with Gasteiger partial charge in [-0.05, 0) is 38.2 Å². The number of anilines is 1. The molecule has 0 unspecified atom stereocenters. The van der Waals surface area contributed by atoms with Crippen LogP contribution in [0.5, 0.6) is 0 Å². The van der Waals surface area contributed by atoms with Gasteiger partial charge in [0.05, 0.1) is 0 Å². The Morgan fingerprint density at radius 2 is 1.95 bits per heavy atom. The number of aliphatic carboxylic acids is 1. The van der Waals surface area contributed by atoms with Gasteiger partial charge in [-0.25, -0.2) is 4.79 Å². The quantitative estimate of drug-likeness (QED) is 0.722. The van der Waals surface area contributed by atoms with Crippen LogP contribution in [0.25, 0.3) is 0 Å². The van der Waals surface area contributed by atoms with E-state index in [0.717, 1.165) is 17.0 Å². The average molecular weight is 310 g/mol.